The van der Waals surface area contributed by atoms with Gasteiger partial charge in [-0.15, -0.1) is 22.0 Å². The number of benzene rings is 1. The average Bonchev–Trinajstić information content (AvgIpc) is 3.18. The van der Waals surface area contributed by atoms with Gasteiger partial charge in [0.1, 0.15) is 5.01 Å². The van der Waals surface area contributed by atoms with Crippen molar-refractivity contribution in [1.82, 2.24) is 24.8 Å². The van der Waals surface area contributed by atoms with Crippen LogP contribution in [0, 0.1) is 0 Å². The van der Waals surface area contributed by atoms with Gasteiger partial charge in [-0.05, 0) is 17.7 Å². The molecule has 0 fully saturated rings. The van der Waals surface area contributed by atoms with Crippen molar-refractivity contribution >= 4 is 28.1 Å². The van der Waals surface area contributed by atoms with E-state index in [1.54, 1.807) is 23.7 Å². The van der Waals surface area contributed by atoms with E-state index in [0.29, 0.717) is 0 Å². The molecule has 0 radical (unpaired) electrons. The zero-order valence-corrected chi connectivity index (χ0v) is 13.8. The maximum absolute atomic E-state index is 4.64. The monoisotopic (exact) mass is 339 g/mol. The highest BCUT2D eigenvalue weighted by atomic mass is 32.2. The van der Waals surface area contributed by atoms with Crippen LogP contribution >= 0.6 is 23.1 Å². The van der Waals surface area contributed by atoms with Gasteiger partial charge in [-0.3, -0.25) is 4.98 Å². The van der Waals surface area contributed by atoms with Crippen LogP contribution in [0.25, 0.3) is 15.5 Å². The molecule has 0 bridgehead atoms. The quantitative estimate of drug-likeness (QED) is 0.555. The van der Waals surface area contributed by atoms with E-state index in [9.17, 15) is 0 Å². The molecule has 0 aliphatic rings. The number of fused-ring (bicyclic) bond motifs is 1. The molecule has 0 aliphatic heterocycles. The van der Waals surface area contributed by atoms with Crippen LogP contribution in [0.5, 0.6) is 0 Å². The van der Waals surface area contributed by atoms with Gasteiger partial charge in [-0.25, -0.2) is 0 Å². The van der Waals surface area contributed by atoms with Crippen LogP contribution in [0.4, 0.5) is 0 Å². The Balaban J connectivity index is 1.51. The summed E-state index contributed by atoms with van der Waals surface area (Å²) in [4.78, 5) is 4.86. The lowest BCUT2D eigenvalue weighted by Crippen LogP contribution is -1.94. The van der Waals surface area contributed by atoms with E-state index >= 15 is 0 Å². The molecule has 7 heteroatoms. The molecule has 114 valence electrons. The first-order valence-electron chi connectivity index (χ1n) is 7.13. The van der Waals surface area contributed by atoms with E-state index in [4.69, 9.17) is 0 Å². The Kier molecular flexibility index (Phi) is 4.04. The number of aromatic nitrogens is 5. The normalized spacial score (nSPS) is 11.1. The predicted octanol–water partition coefficient (Wildman–Crippen LogP) is 3.68. The molecule has 1 aromatic carbocycles. The maximum atomic E-state index is 4.64. The van der Waals surface area contributed by atoms with Crippen LogP contribution in [0.15, 0.2) is 54.9 Å². The van der Waals surface area contributed by atoms with Gasteiger partial charge < -0.3 is 0 Å². The van der Waals surface area contributed by atoms with Gasteiger partial charge in [0.15, 0.2) is 5.82 Å². The zero-order valence-electron chi connectivity index (χ0n) is 12.2. The zero-order chi connectivity index (χ0) is 15.5. The van der Waals surface area contributed by atoms with Crippen molar-refractivity contribution in [2.45, 2.75) is 11.5 Å². The van der Waals surface area contributed by atoms with Crippen LogP contribution < -0.4 is 0 Å². The molecule has 0 amide bonds. The second-order valence-electron chi connectivity index (χ2n) is 4.93. The van der Waals surface area contributed by atoms with Crippen molar-refractivity contribution in [1.29, 1.82) is 0 Å². The number of hydrogen-bond donors (Lipinski definition) is 0. The summed E-state index contributed by atoms with van der Waals surface area (Å²) in [5.41, 5.74) is 2.37. The molecule has 0 saturated carbocycles. The topological polar surface area (TPSA) is 56.0 Å². The number of rotatable bonds is 5. The highest BCUT2D eigenvalue weighted by Gasteiger charge is 2.12. The second-order valence-corrected chi connectivity index (χ2v) is 6.87. The second kappa shape index (κ2) is 6.47. The van der Waals surface area contributed by atoms with Gasteiger partial charge in [0, 0.05) is 23.7 Å². The van der Waals surface area contributed by atoms with E-state index in [-0.39, 0.29) is 0 Å². The summed E-state index contributed by atoms with van der Waals surface area (Å²) >= 11 is 3.36. The first kappa shape index (κ1) is 14.3. The first-order valence-corrected chi connectivity index (χ1v) is 9.10. The molecule has 4 rings (SSSR count). The summed E-state index contributed by atoms with van der Waals surface area (Å²) in [5, 5.41) is 14.1. The Morgan fingerprint density at radius 2 is 1.78 bits per heavy atom. The van der Waals surface area contributed by atoms with Gasteiger partial charge >= 0.3 is 0 Å². The molecule has 4 aromatic rings. The fraction of sp³-hybridized carbons (Fsp3) is 0.125. The fourth-order valence-corrected chi connectivity index (χ4v) is 3.95. The van der Waals surface area contributed by atoms with Crippen molar-refractivity contribution in [2.24, 2.45) is 0 Å². The van der Waals surface area contributed by atoms with Crippen molar-refractivity contribution in [3.05, 3.63) is 66.2 Å². The van der Waals surface area contributed by atoms with E-state index in [2.05, 4.69) is 44.5 Å². The SMILES string of the molecule is c1ccc(CSCc2nnc3sc(-c4ccncc4)nn23)cc1. The van der Waals surface area contributed by atoms with Crippen LogP contribution in [-0.2, 0) is 11.5 Å². The summed E-state index contributed by atoms with van der Waals surface area (Å²) in [6, 6.07) is 14.3. The van der Waals surface area contributed by atoms with Crippen molar-refractivity contribution < 1.29 is 0 Å². The van der Waals surface area contributed by atoms with Gasteiger partial charge in [0.05, 0.1) is 5.75 Å². The van der Waals surface area contributed by atoms with Crippen LogP contribution in [0.2, 0.25) is 0 Å². The molecule has 3 heterocycles. The maximum Gasteiger partial charge on any atom is 0.235 e. The average molecular weight is 339 g/mol. The van der Waals surface area contributed by atoms with E-state index in [1.807, 2.05) is 34.5 Å². The molecule has 0 unspecified atom stereocenters. The standard InChI is InChI=1S/C16H13N5S2/c1-2-4-12(5-3-1)10-22-11-14-18-19-16-21(14)20-15(23-16)13-6-8-17-9-7-13/h1-9H,10-11H2. The highest BCUT2D eigenvalue weighted by molar-refractivity contribution is 7.97. The Labute approximate surface area is 141 Å². The largest absolute Gasteiger partial charge is 0.265 e. The minimum atomic E-state index is 0.787. The summed E-state index contributed by atoms with van der Waals surface area (Å²) in [7, 11) is 0. The van der Waals surface area contributed by atoms with Crippen molar-refractivity contribution in [2.75, 3.05) is 0 Å². The Morgan fingerprint density at radius 3 is 2.61 bits per heavy atom. The third-order valence-electron chi connectivity index (χ3n) is 3.33. The van der Waals surface area contributed by atoms with Gasteiger partial charge in [0.25, 0.3) is 0 Å². The van der Waals surface area contributed by atoms with Crippen molar-refractivity contribution in [3.63, 3.8) is 0 Å². The van der Waals surface area contributed by atoms with E-state index in [1.165, 1.54) is 5.56 Å². The molecule has 0 aliphatic carbocycles. The van der Waals surface area contributed by atoms with E-state index in [0.717, 1.165) is 32.9 Å². The first-order chi connectivity index (χ1) is 11.4. The summed E-state index contributed by atoms with van der Waals surface area (Å²) in [6.45, 7) is 0. The smallest absolute Gasteiger partial charge is 0.235 e. The molecule has 23 heavy (non-hydrogen) atoms. The lowest BCUT2D eigenvalue weighted by atomic mass is 10.2. The van der Waals surface area contributed by atoms with Crippen LogP contribution in [0.1, 0.15) is 11.4 Å². The molecular weight excluding hydrogens is 326 g/mol. The third kappa shape index (κ3) is 3.11. The number of pyridine rings is 1. The van der Waals surface area contributed by atoms with Crippen LogP contribution in [0.3, 0.4) is 0 Å². The fourth-order valence-electron chi connectivity index (χ4n) is 2.19. The summed E-state index contributed by atoms with van der Waals surface area (Å²) in [5.74, 6) is 2.63. The lowest BCUT2D eigenvalue weighted by Gasteiger charge is -1.99. The summed E-state index contributed by atoms with van der Waals surface area (Å²) in [6.07, 6.45) is 3.54. The predicted molar refractivity (Wildman–Crippen MR) is 93.3 cm³/mol. The molecule has 0 spiro atoms. The van der Waals surface area contributed by atoms with Gasteiger partial charge in [-0.2, -0.15) is 9.61 Å². The number of hydrogen-bond acceptors (Lipinski definition) is 6. The lowest BCUT2D eigenvalue weighted by molar-refractivity contribution is 0.887. The molecule has 0 N–H and O–H groups in total. The van der Waals surface area contributed by atoms with Gasteiger partial charge in [-0.1, -0.05) is 41.7 Å². The number of nitrogens with zero attached hydrogens (tertiary/aromatic N) is 5. The van der Waals surface area contributed by atoms with Gasteiger partial charge in [0.2, 0.25) is 4.96 Å². The molecule has 5 nitrogen and oxygen atoms in total. The number of thioether (sulfide) groups is 1. The Bertz CT molecular complexity index is 902. The highest BCUT2D eigenvalue weighted by Crippen LogP contribution is 2.26. The molecular formula is C16H13N5S2. The van der Waals surface area contributed by atoms with Crippen molar-refractivity contribution in [3.8, 4) is 10.6 Å². The molecule has 0 saturated heterocycles. The third-order valence-corrected chi connectivity index (χ3v) is 5.27. The van der Waals surface area contributed by atoms with Crippen LogP contribution in [-0.4, -0.2) is 24.8 Å². The van der Waals surface area contributed by atoms with E-state index < -0.39 is 0 Å². The molecule has 3 aromatic heterocycles. The summed E-state index contributed by atoms with van der Waals surface area (Å²) < 4.78 is 1.85. The molecule has 0 atom stereocenters. The minimum absolute atomic E-state index is 0.787. The minimum Gasteiger partial charge on any atom is -0.265 e. The Morgan fingerprint density at radius 1 is 0.957 bits per heavy atom. The Hall–Kier alpha value is -2.25.